The summed E-state index contributed by atoms with van der Waals surface area (Å²) >= 11 is 1.49. The third-order valence-electron chi connectivity index (χ3n) is 3.10. The van der Waals surface area contributed by atoms with Gasteiger partial charge >= 0.3 is 6.18 Å². The Labute approximate surface area is 124 Å². The van der Waals surface area contributed by atoms with Crippen molar-refractivity contribution in [3.63, 3.8) is 0 Å². The third kappa shape index (κ3) is 3.96. The van der Waals surface area contributed by atoms with Crippen molar-refractivity contribution < 1.29 is 17.9 Å². The van der Waals surface area contributed by atoms with Gasteiger partial charge in [0.15, 0.2) is 0 Å². The van der Waals surface area contributed by atoms with Crippen LogP contribution >= 0.6 is 11.3 Å². The molecule has 3 nitrogen and oxygen atoms in total. The number of nitrogens with two attached hydrogens (primary N) is 1. The van der Waals surface area contributed by atoms with E-state index in [9.17, 15) is 13.2 Å². The normalized spacial score (nSPS) is 13.2. The second-order valence-electron chi connectivity index (χ2n) is 4.51. The molecule has 21 heavy (non-hydrogen) atoms. The molecular weight excluding hydrogens is 301 g/mol. The molecule has 0 spiro atoms. The number of methoxy groups -OCH3 is 1. The fourth-order valence-electron chi connectivity index (χ4n) is 1.93. The number of hydrogen-bond donors (Lipinski definition) is 2. The van der Waals surface area contributed by atoms with Crippen molar-refractivity contribution in [2.24, 2.45) is 5.84 Å². The molecule has 0 aliphatic carbocycles. The topological polar surface area (TPSA) is 47.3 Å². The van der Waals surface area contributed by atoms with Gasteiger partial charge < -0.3 is 4.74 Å². The second kappa shape index (κ2) is 6.46. The van der Waals surface area contributed by atoms with E-state index in [1.807, 2.05) is 11.4 Å². The van der Waals surface area contributed by atoms with Crippen LogP contribution in [0.1, 0.15) is 22.0 Å². The summed E-state index contributed by atoms with van der Waals surface area (Å²) in [5.74, 6) is 6.28. The van der Waals surface area contributed by atoms with Gasteiger partial charge in [0.2, 0.25) is 0 Å². The molecule has 0 saturated carbocycles. The monoisotopic (exact) mass is 316 g/mol. The van der Waals surface area contributed by atoms with E-state index in [2.05, 4.69) is 5.43 Å². The molecule has 1 heterocycles. The zero-order valence-corrected chi connectivity index (χ0v) is 12.1. The van der Waals surface area contributed by atoms with Crippen LogP contribution in [0.2, 0.25) is 0 Å². The Bertz CT molecular complexity index is 581. The number of hydrogen-bond acceptors (Lipinski definition) is 4. The SMILES string of the molecule is COc1csc(C(Cc2ccc(C(F)(F)F)cc2)NN)c1. The molecule has 3 N–H and O–H groups in total. The number of thiophene rings is 1. The third-order valence-corrected chi connectivity index (χ3v) is 4.12. The van der Waals surface area contributed by atoms with Crippen molar-refractivity contribution in [1.29, 1.82) is 0 Å². The lowest BCUT2D eigenvalue weighted by Gasteiger charge is -2.15. The van der Waals surface area contributed by atoms with Crippen molar-refractivity contribution >= 4 is 11.3 Å². The molecule has 1 aromatic carbocycles. The van der Waals surface area contributed by atoms with Crippen LogP contribution in [-0.2, 0) is 12.6 Å². The van der Waals surface area contributed by atoms with Crippen LogP contribution < -0.4 is 16.0 Å². The minimum Gasteiger partial charge on any atom is -0.496 e. The zero-order valence-electron chi connectivity index (χ0n) is 11.3. The van der Waals surface area contributed by atoms with E-state index in [-0.39, 0.29) is 6.04 Å². The summed E-state index contributed by atoms with van der Waals surface area (Å²) < 4.78 is 42.6. The average Bonchev–Trinajstić information content (AvgIpc) is 2.93. The molecule has 1 aromatic heterocycles. The summed E-state index contributed by atoms with van der Waals surface area (Å²) in [6.45, 7) is 0. The number of benzene rings is 1. The summed E-state index contributed by atoms with van der Waals surface area (Å²) in [6.07, 6.45) is -3.82. The number of ether oxygens (including phenoxy) is 1. The lowest BCUT2D eigenvalue weighted by atomic mass is 10.0. The van der Waals surface area contributed by atoms with Crippen LogP contribution in [0.4, 0.5) is 13.2 Å². The van der Waals surface area contributed by atoms with Gasteiger partial charge in [0.05, 0.1) is 18.7 Å². The minimum atomic E-state index is -4.31. The standard InChI is InChI=1S/C14H15F3N2OS/c1-20-11-7-13(21-8-11)12(19-18)6-9-2-4-10(5-3-9)14(15,16)17/h2-5,7-8,12,19H,6,18H2,1H3. The highest BCUT2D eigenvalue weighted by atomic mass is 32.1. The first-order valence-electron chi connectivity index (χ1n) is 6.18. The number of rotatable bonds is 5. The smallest absolute Gasteiger partial charge is 0.416 e. The van der Waals surface area contributed by atoms with Gasteiger partial charge in [-0.1, -0.05) is 12.1 Å². The molecule has 2 rings (SSSR count). The summed E-state index contributed by atoms with van der Waals surface area (Å²) in [6, 6.07) is 6.79. The highest BCUT2D eigenvalue weighted by Gasteiger charge is 2.30. The predicted molar refractivity (Wildman–Crippen MR) is 76.1 cm³/mol. The Morgan fingerprint density at radius 2 is 1.95 bits per heavy atom. The molecule has 2 aromatic rings. The highest BCUT2D eigenvalue weighted by molar-refractivity contribution is 7.10. The largest absolute Gasteiger partial charge is 0.496 e. The Hall–Kier alpha value is -1.57. The molecule has 0 bridgehead atoms. The zero-order chi connectivity index (χ0) is 15.5. The quantitative estimate of drug-likeness (QED) is 0.655. The lowest BCUT2D eigenvalue weighted by molar-refractivity contribution is -0.137. The van der Waals surface area contributed by atoms with Gasteiger partial charge in [-0.3, -0.25) is 11.3 Å². The first-order valence-corrected chi connectivity index (χ1v) is 7.06. The van der Waals surface area contributed by atoms with Crippen molar-refractivity contribution in [3.8, 4) is 5.75 Å². The van der Waals surface area contributed by atoms with E-state index in [0.29, 0.717) is 6.42 Å². The summed E-state index contributed by atoms with van der Waals surface area (Å²) in [5, 5.41) is 1.85. The Morgan fingerprint density at radius 1 is 1.29 bits per heavy atom. The highest BCUT2D eigenvalue weighted by Crippen LogP contribution is 2.31. The Kier molecular flexibility index (Phi) is 4.87. The van der Waals surface area contributed by atoms with Crippen molar-refractivity contribution in [2.75, 3.05) is 7.11 Å². The van der Waals surface area contributed by atoms with E-state index in [0.717, 1.165) is 28.3 Å². The van der Waals surface area contributed by atoms with E-state index < -0.39 is 11.7 Å². The predicted octanol–water partition coefficient (Wildman–Crippen LogP) is 3.52. The molecule has 0 saturated heterocycles. The summed E-state index contributed by atoms with van der Waals surface area (Å²) in [4.78, 5) is 0.967. The number of nitrogens with one attached hydrogen (secondary N) is 1. The number of alkyl halides is 3. The molecule has 1 unspecified atom stereocenters. The molecular formula is C14H15F3N2OS. The van der Waals surface area contributed by atoms with Gasteiger partial charge in [-0.25, -0.2) is 0 Å². The average molecular weight is 316 g/mol. The van der Waals surface area contributed by atoms with E-state index in [1.54, 1.807) is 7.11 Å². The Morgan fingerprint density at radius 3 is 2.43 bits per heavy atom. The number of halogens is 3. The number of hydrazine groups is 1. The second-order valence-corrected chi connectivity index (χ2v) is 5.45. The van der Waals surface area contributed by atoms with Crippen LogP contribution in [0.15, 0.2) is 35.7 Å². The van der Waals surface area contributed by atoms with Crippen LogP contribution in [0.5, 0.6) is 5.75 Å². The van der Waals surface area contributed by atoms with Gasteiger partial charge in [0, 0.05) is 10.3 Å². The van der Waals surface area contributed by atoms with Gasteiger partial charge in [-0.2, -0.15) is 13.2 Å². The van der Waals surface area contributed by atoms with E-state index >= 15 is 0 Å². The van der Waals surface area contributed by atoms with Crippen molar-refractivity contribution in [3.05, 3.63) is 51.7 Å². The first-order chi connectivity index (χ1) is 9.94. The molecule has 114 valence electrons. The minimum absolute atomic E-state index is 0.171. The van der Waals surface area contributed by atoms with Crippen LogP contribution in [0, 0.1) is 0 Å². The molecule has 0 radical (unpaired) electrons. The molecule has 7 heteroatoms. The molecule has 0 aliphatic heterocycles. The van der Waals surface area contributed by atoms with Crippen molar-refractivity contribution in [1.82, 2.24) is 5.43 Å². The summed E-state index contributed by atoms with van der Waals surface area (Å²) in [7, 11) is 1.58. The Balaban J connectivity index is 2.11. The van der Waals surface area contributed by atoms with Crippen molar-refractivity contribution in [2.45, 2.75) is 18.6 Å². The van der Waals surface area contributed by atoms with Crippen LogP contribution in [0.25, 0.3) is 0 Å². The maximum atomic E-state index is 12.5. The maximum absolute atomic E-state index is 12.5. The maximum Gasteiger partial charge on any atom is 0.416 e. The summed E-state index contributed by atoms with van der Waals surface area (Å²) in [5.41, 5.74) is 2.81. The van der Waals surface area contributed by atoms with Crippen LogP contribution in [0.3, 0.4) is 0 Å². The lowest BCUT2D eigenvalue weighted by Crippen LogP contribution is -2.28. The molecule has 0 fully saturated rings. The van der Waals surface area contributed by atoms with Gasteiger partial charge in [0.1, 0.15) is 5.75 Å². The van der Waals surface area contributed by atoms with E-state index in [1.165, 1.54) is 23.5 Å². The molecule has 1 atom stereocenters. The fourth-order valence-corrected chi connectivity index (χ4v) is 2.85. The van der Waals surface area contributed by atoms with Gasteiger partial charge in [0.25, 0.3) is 0 Å². The molecule has 0 aliphatic rings. The first kappa shape index (κ1) is 15.8. The molecule has 0 amide bonds. The van der Waals surface area contributed by atoms with Gasteiger partial charge in [-0.15, -0.1) is 11.3 Å². The van der Waals surface area contributed by atoms with E-state index in [4.69, 9.17) is 10.6 Å². The van der Waals surface area contributed by atoms with Gasteiger partial charge in [-0.05, 0) is 30.2 Å². The fraction of sp³-hybridized carbons (Fsp3) is 0.286. The van der Waals surface area contributed by atoms with Crippen LogP contribution in [-0.4, -0.2) is 7.11 Å².